The first kappa shape index (κ1) is 13.8. The number of benzene rings is 1. The van der Waals surface area contributed by atoms with Crippen LogP contribution >= 0.6 is 0 Å². The Kier molecular flexibility index (Phi) is 3.03. The van der Waals surface area contributed by atoms with Crippen molar-refractivity contribution in [3.05, 3.63) is 41.0 Å². The van der Waals surface area contributed by atoms with Crippen LogP contribution < -0.4 is 16.4 Å². The third kappa shape index (κ3) is 1.89. The Morgan fingerprint density at radius 1 is 1.32 bits per heavy atom. The predicted octanol–water partition coefficient (Wildman–Crippen LogP) is 0.882. The van der Waals surface area contributed by atoms with Crippen molar-refractivity contribution in [2.75, 3.05) is 20.1 Å². The smallest absolute Gasteiger partial charge is 0.195 e. The van der Waals surface area contributed by atoms with Gasteiger partial charge in [-0.1, -0.05) is 24.3 Å². The molecule has 0 spiro atoms. The molecule has 1 fully saturated rings. The SMILES string of the molecule is CNC1CN(C2(C)N=C(N)NC3=C2CCc2ccccc23)C1. The summed E-state index contributed by atoms with van der Waals surface area (Å²) in [6, 6.07) is 9.15. The van der Waals surface area contributed by atoms with Crippen LogP contribution in [0.1, 0.15) is 24.5 Å². The lowest BCUT2D eigenvalue weighted by Crippen LogP contribution is -2.66. The standard InChI is InChI=1S/C17H23N5/c1-17(22-9-12(10-22)19-2)14-8-7-11-5-3-4-6-13(11)15(14)20-16(18)21-17/h3-6,12,19H,7-10H2,1-2H3,(H3,18,20,21). The zero-order valence-corrected chi connectivity index (χ0v) is 13.2. The van der Waals surface area contributed by atoms with E-state index in [1.807, 2.05) is 7.05 Å². The van der Waals surface area contributed by atoms with E-state index in [0.717, 1.165) is 25.9 Å². The van der Waals surface area contributed by atoms with Crippen molar-refractivity contribution in [2.24, 2.45) is 10.7 Å². The van der Waals surface area contributed by atoms with Gasteiger partial charge in [0.15, 0.2) is 5.96 Å². The molecule has 22 heavy (non-hydrogen) atoms. The molecule has 0 radical (unpaired) electrons. The van der Waals surface area contributed by atoms with Crippen LogP contribution in [0, 0.1) is 0 Å². The van der Waals surface area contributed by atoms with Crippen LogP contribution in [0.4, 0.5) is 0 Å². The minimum absolute atomic E-state index is 0.314. The Balaban J connectivity index is 1.77. The Bertz CT molecular complexity index is 671. The van der Waals surface area contributed by atoms with Gasteiger partial charge in [0.2, 0.25) is 0 Å². The Morgan fingerprint density at radius 3 is 2.86 bits per heavy atom. The summed E-state index contributed by atoms with van der Waals surface area (Å²) in [5.41, 5.74) is 11.0. The second-order valence-electron chi connectivity index (χ2n) is 6.54. The van der Waals surface area contributed by atoms with Crippen LogP contribution in [0.2, 0.25) is 0 Å². The van der Waals surface area contributed by atoms with E-state index in [9.17, 15) is 0 Å². The van der Waals surface area contributed by atoms with Crippen molar-refractivity contribution in [2.45, 2.75) is 31.5 Å². The van der Waals surface area contributed by atoms with Gasteiger partial charge in [0.1, 0.15) is 5.66 Å². The first-order valence-electron chi connectivity index (χ1n) is 7.98. The number of hydrogen-bond acceptors (Lipinski definition) is 5. The van der Waals surface area contributed by atoms with Gasteiger partial charge in [0, 0.05) is 24.7 Å². The summed E-state index contributed by atoms with van der Waals surface area (Å²) < 4.78 is 0. The maximum Gasteiger partial charge on any atom is 0.195 e. The molecule has 1 aromatic rings. The molecule has 1 saturated heterocycles. The second kappa shape index (κ2) is 4.83. The molecular weight excluding hydrogens is 274 g/mol. The van der Waals surface area contributed by atoms with Gasteiger partial charge in [0.05, 0.1) is 5.70 Å². The van der Waals surface area contributed by atoms with Gasteiger partial charge in [-0.2, -0.15) is 0 Å². The summed E-state index contributed by atoms with van der Waals surface area (Å²) in [4.78, 5) is 7.21. The van der Waals surface area contributed by atoms with Gasteiger partial charge < -0.3 is 16.4 Å². The van der Waals surface area contributed by atoms with Crippen LogP contribution in [-0.4, -0.2) is 42.7 Å². The number of nitrogens with two attached hydrogens (primary N) is 1. The topological polar surface area (TPSA) is 65.7 Å². The van der Waals surface area contributed by atoms with Crippen LogP contribution in [0.15, 0.2) is 34.8 Å². The summed E-state index contributed by atoms with van der Waals surface area (Å²) in [6.45, 7) is 4.24. The minimum atomic E-state index is -0.314. The van der Waals surface area contributed by atoms with Crippen LogP contribution in [0.5, 0.6) is 0 Å². The zero-order chi connectivity index (χ0) is 15.3. The first-order chi connectivity index (χ1) is 10.6. The number of likely N-dealkylation sites (N-methyl/N-ethyl adjacent to an activating group) is 1. The summed E-state index contributed by atoms with van der Waals surface area (Å²) in [6.07, 6.45) is 2.11. The molecule has 5 nitrogen and oxygen atoms in total. The van der Waals surface area contributed by atoms with Crippen molar-refractivity contribution in [3.8, 4) is 0 Å². The highest BCUT2D eigenvalue weighted by Gasteiger charge is 2.46. The van der Waals surface area contributed by atoms with E-state index >= 15 is 0 Å². The molecular formula is C17H23N5. The number of rotatable bonds is 2. The molecule has 3 aliphatic rings. The molecule has 2 heterocycles. The molecule has 5 heteroatoms. The van der Waals surface area contributed by atoms with Crippen LogP contribution in [0.3, 0.4) is 0 Å². The van der Waals surface area contributed by atoms with Crippen LogP contribution in [-0.2, 0) is 6.42 Å². The minimum Gasteiger partial charge on any atom is -0.370 e. The number of fused-ring (bicyclic) bond motifs is 2. The molecule has 0 saturated carbocycles. The largest absolute Gasteiger partial charge is 0.370 e. The number of likely N-dealkylation sites (tertiary alicyclic amines) is 1. The van der Waals surface area contributed by atoms with Crippen molar-refractivity contribution >= 4 is 11.7 Å². The lowest BCUT2D eigenvalue weighted by atomic mass is 9.81. The lowest BCUT2D eigenvalue weighted by molar-refractivity contribution is 0.0397. The fourth-order valence-corrected chi connectivity index (χ4v) is 3.88. The highest BCUT2D eigenvalue weighted by Crippen LogP contribution is 2.42. The number of guanidine groups is 1. The summed E-state index contributed by atoms with van der Waals surface area (Å²) in [5.74, 6) is 0.519. The first-order valence-corrected chi connectivity index (χ1v) is 7.98. The van der Waals surface area contributed by atoms with E-state index in [4.69, 9.17) is 10.7 Å². The summed E-state index contributed by atoms with van der Waals surface area (Å²) in [5, 5.41) is 6.66. The fraction of sp³-hybridized carbons (Fsp3) is 0.471. The van der Waals surface area contributed by atoms with Crippen LogP contribution in [0.25, 0.3) is 5.70 Å². The van der Waals surface area contributed by atoms with E-state index in [2.05, 4.69) is 46.7 Å². The van der Waals surface area contributed by atoms with Gasteiger partial charge in [-0.05, 0) is 37.9 Å². The van der Waals surface area contributed by atoms with Gasteiger partial charge >= 0.3 is 0 Å². The zero-order valence-electron chi connectivity index (χ0n) is 13.2. The molecule has 4 rings (SSSR count). The quantitative estimate of drug-likeness (QED) is 0.758. The average molecular weight is 297 g/mol. The maximum absolute atomic E-state index is 6.12. The third-order valence-corrected chi connectivity index (χ3v) is 5.30. The fourth-order valence-electron chi connectivity index (χ4n) is 3.88. The van der Waals surface area contributed by atoms with E-state index in [1.54, 1.807) is 0 Å². The summed E-state index contributed by atoms with van der Waals surface area (Å²) >= 11 is 0. The Labute approximate surface area is 131 Å². The van der Waals surface area contributed by atoms with E-state index in [1.165, 1.54) is 22.4 Å². The normalized spacial score (nSPS) is 28.4. The van der Waals surface area contributed by atoms with Gasteiger partial charge in [-0.25, -0.2) is 4.99 Å². The molecule has 2 aliphatic heterocycles. The maximum atomic E-state index is 6.12. The van der Waals surface area contributed by atoms with Crippen molar-refractivity contribution in [3.63, 3.8) is 0 Å². The van der Waals surface area contributed by atoms with E-state index < -0.39 is 0 Å². The number of hydrogen-bond donors (Lipinski definition) is 3. The van der Waals surface area contributed by atoms with Crippen molar-refractivity contribution in [1.29, 1.82) is 0 Å². The third-order valence-electron chi connectivity index (χ3n) is 5.30. The van der Waals surface area contributed by atoms with Crippen molar-refractivity contribution in [1.82, 2.24) is 15.5 Å². The molecule has 0 amide bonds. The Morgan fingerprint density at radius 2 is 2.09 bits per heavy atom. The number of aliphatic imine (C=N–C) groups is 1. The van der Waals surface area contributed by atoms with Crippen molar-refractivity contribution < 1.29 is 0 Å². The monoisotopic (exact) mass is 297 g/mol. The highest BCUT2D eigenvalue weighted by atomic mass is 15.4. The molecule has 1 atom stereocenters. The van der Waals surface area contributed by atoms with Gasteiger partial charge in [-0.3, -0.25) is 4.90 Å². The van der Waals surface area contributed by atoms with E-state index in [0.29, 0.717) is 12.0 Å². The Hall–Kier alpha value is -1.85. The predicted molar refractivity (Wildman–Crippen MR) is 89.3 cm³/mol. The number of aryl methyl sites for hydroxylation is 1. The average Bonchev–Trinajstić information content (AvgIpc) is 2.45. The van der Waals surface area contributed by atoms with E-state index in [-0.39, 0.29) is 5.66 Å². The number of nitrogens with zero attached hydrogens (tertiary/aromatic N) is 2. The molecule has 1 aromatic carbocycles. The lowest BCUT2D eigenvalue weighted by Gasteiger charge is -2.52. The molecule has 116 valence electrons. The van der Waals surface area contributed by atoms with Gasteiger partial charge in [-0.15, -0.1) is 0 Å². The highest BCUT2D eigenvalue weighted by molar-refractivity contribution is 5.93. The molecule has 1 aliphatic carbocycles. The molecule has 4 N–H and O–H groups in total. The second-order valence-corrected chi connectivity index (χ2v) is 6.54. The molecule has 0 aromatic heterocycles. The number of nitrogens with one attached hydrogen (secondary N) is 2. The van der Waals surface area contributed by atoms with Gasteiger partial charge in [0.25, 0.3) is 0 Å². The molecule has 0 bridgehead atoms. The summed E-state index contributed by atoms with van der Waals surface area (Å²) in [7, 11) is 2.02. The molecule has 1 unspecified atom stereocenters.